The molecule has 0 bridgehead atoms. The normalized spacial score (nSPS) is 17.1. The smallest absolute Gasteiger partial charge is 0.220 e. The SMILES string of the molecule is CCC=CCC=CCC=CCC=CCC=CCC=CCC(C[C@H]1COc2ccccc2O1)C(N)=O. The molecule has 1 unspecified atom stereocenters. The zero-order valence-electron chi connectivity index (χ0n) is 21.1. The second-order valence-electron chi connectivity index (χ2n) is 8.48. The third kappa shape index (κ3) is 12.7. The third-order valence-electron chi connectivity index (χ3n) is 5.53. The minimum absolute atomic E-state index is 0.165. The molecular formula is C31H41NO3. The van der Waals surface area contributed by atoms with Crippen LogP contribution in [0.15, 0.2) is 97.2 Å². The van der Waals surface area contributed by atoms with Gasteiger partial charge in [-0.05, 0) is 63.5 Å². The van der Waals surface area contributed by atoms with E-state index in [-0.39, 0.29) is 17.9 Å². The summed E-state index contributed by atoms with van der Waals surface area (Å²) in [4.78, 5) is 11.9. The second kappa shape index (κ2) is 18.1. The lowest BCUT2D eigenvalue weighted by molar-refractivity contribution is -0.122. The summed E-state index contributed by atoms with van der Waals surface area (Å²) in [6.07, 6.45) is 32.9. The maximum absolute atomic E-state index is 11.9. The zero-order chi connectivity index (χ0) is 25.0. The first-order valence-electron chi connectivity index (χ1n) is 12.8. The number of primary amides is 1. The molecule has 0 fully saturated rings. The van der Waals surface area contributed by atoms with Crippen molar-refractivity contribution in [1.82, 2.24) is 0 Å². The van der Waals surface area contributed by atoms with Gasteiger partial charge in [-0.15, -0.1) is 0 Å². The molecule has 2 N–H and O–H groups in total. The lowest BCUT2D eigenvalue weighted by atomic mass is 9.96. The Bertz CT molecular complexity index is 908. The number of nitrogens with two attached hydrogens (primary N) is 1. The van der Waals surface area contributed by atoms with Gasteiger partial charge in [0.25, 0.3) is 0 Å². The van der Waals surface area contributed by atoms with Crippen LogP contribution in [0.3, 0.4) is 0 Å². The van der Waals surface area contributed by atoms with Crippen molar-refractivity contribution < 1.29 is 14.3 Å². The van der Waals surface area contributed by atoms with Crippen LogP contribution in [0.25, 0.3) is 0 Å². The molecule has 0 saturated carbocycles. The minimum atomic E-state index is -0.299. The quantitative estimate of drug-likeness (QED) is 0.253. The maximum Gasteiger partial charge on any atom is 0.220 e. The van der Waals surface area contributed by atoms with Crippen LogP contribution in [0.5, 0.6) is 11.5 Å². The first-order valence-corrected chi connectivity index (χ1v) is 12.8. The van der Waals surface area contributed by atoms with E-state index in [1.807, 2.05) is 30.3 Å². The number of ether oxygens (including phenoxy) is 2. The molecule has 0 aromatic heterocycles. The molecular weight excluding hydrogens is 434 g/mol. The summed E-state index contributed by atoms with van der Waals surface area (Å²) >= 11 is 0. The molecule has 2 rings (SSSR count). The molecule has 4 heteroatoms. The number of amides is 1. The number of carbonyl (C=O) groups excluding carboxylic acids is 1. The van der Waals surface area contributed by atoms with Crippen LogP contribution in [0, 0.1) is 5.92 Å². The Balaban J connectivity index is 1.56. The van der Waals surface area contributed by atoms with Gasteiger partial charge in [-0.1, -0.05) is 92.0 Å². The number of benzene rings is 1. The summed E-state index contributed by atoms with van der Waals surface area (Å²) in [5, 5.41) is 0. The third-order valence-corrected chi connectivity index (χ3v) is 5.53. The first kappa shape index (κ1) is 28.0. The van der Waals surface area contributed by atoms with E-state index in [1.165, 1.54) is 0 Å². The van der Waals surface area contributed by atoms with Crippen molar-refractivity contribution in [2.75, 3.05) is 6.61 Å². The number of carbonyl (C=O) groups is 1. The Hall–Kier alpha value is -3.27. The summed E-state index contributed by atoms with van der Waals surface area (Å²) in [6.45, 7) is 2.59. The number of allylic oxidation sites excluding steroid dienone is 12. The summed E-state index contributed by atoms with van der Waals surface area (Å²) in [6, 6.07) is 7.59. The van der Waals surface area contributed by atoms with E-state index < -0.39 is 0 Å². The lowest BCUT2D eigenvalue weighted by Gasteiger charge is -2.28. The van der Waals surface area contributed by atoms with E-state index in [4.69, 9.17) is 15.2 Å². The van der Waals surface area contributed by atoms with Crippen molar-refractivity contribution in [3.63, 3.8) is 0 Å². The number of hydrogen-bond acceptors (Lipinski definition) is 3. The Labute approximate surface area is 211 Å². The van der Waals surface area contributed by atoms with Crippen molar-refractivity contribution in [1.29, 1.82) is 0 Å². The highest BCUT2D eigenvalue weighted by Gasteiger charge is 2.26. The average molecular weight is 476 g/mol. The predicted octanol–water partition coefficient (Wildman–Crippen LogP) is 7.41. The van der Waals surface area contributed by atoms with Crippen molar-refractivity contribution in [3.05, 3.63) is 97.2 Å². The predicted molar refractivity (Wildman–Crippen MR) is 146 cm³/mol. The van der Waals surface area contributed by atoms with Crippen molar-refractivity contribution in [2.45, 2.75) is 64.4 Å². The van der Waals surface area contributed by atoms with Crippen LogP contribution in [-0.4, -0.2) is 18.6 Å². The van der Waals surface area contributed by atoms with E-state index in [0.29, 0.717) is 19.4 Å². The van der Waals surface area contributed by atoms with E-state index in [9.17, 15) is 4.79 Å². The molecule has 1 aliphatic heterocycles. The van der Waals surface area contributed by atoms with Crippen molar-refractivity contribution in [2.24, 2.45) is 11.7 Å². The van der Waals surface area contributed by atoms with Crippen molar-refractivity contribution >= 4 is 5.91 Å². The van der Waals surface area contributed by atoms with Gasteiger partial charge < -0.3 is 15.2 Å². The fourth-order valence-corrected chi connectivity index (χ4v) is 3.61. The highest BCUT2D eigenvalue weighted by Crippen LogP contribution is 2.32. The van der Waals surface area contributed by atoms with E-state index in [2.05, 4.69) is 73.8 Å². The van der Waals surface area contributed by atoms with E-state index in [1.54, 1.807) is 0 Å². The zero-order valence-corrected chi connectivity index (χ0v) is 21.1. The summed E-state index contributed by atoms with van der Waals surface area (Å²) in [7, 11) is 0. The molecule has 188 valence electrons. The average Bonchev–Trinajstić information content (AvgIpc) is 2.87. The monoisotopic (exact) mass is 475 g/mol. The van der Waals surface area contributed by atoms with Gasteiger partial charge in [0.2, 0.25) is 5.91 Å². The highest BCUT2D eigenvalue weighted by molar-refractivity contribution is 5.76. The Morgan fingerprint density at radius 2 is 1.31 bits per heavy atom. The van der Waals surface area contributed by atoms with Gasteiger partial charge in [0.05, 0.1) is 0 Å². The van der Waals surface area contributed by atoms with Gasteiger partial charge in [0, 0.05) is 5.92 Å². The fourth-order valence-electron chi connectivity index (χ4n) is 3.61. The molecule has 1 amide bonds. The molecule has 0 radical (unpaired) electrons. The maximum atomic E-state index is 11.9. The molecule has 1 heterocycles. The number of rotatable bonds is 16. The number of hydrogen-bond donors (Lipinski definition) is 1. The van der Waals surface area contributed by atoms with Gasteiger partial charge >= 0.3 is 0 Å². The summed E-state index contributed by atoms with van der Waals surface area (Å²) in [5.41, 5.74) is 5.62. The molecule has 35 heavy (non-hydrogen) atoms. The molecule has 0 saturated heterocycles. The van der Waals surface area contributed by atoms with Crippen LogP contribution in [0.2, 0.25) is 0 Å². The first-order chi connectivity index (χ1) is 17.2. The number of para-hydroxylation sites is 2. The molecule has 4 nitrogen and oxygen atoms in total. The Morgan fingerprint density at radius 3 is 1.83 bits per heavy atom. The topological polar surface area (TPSA) is 61.6 Å². The highest BCUT2D eigenvalue weighted by atomic mass is 16.6. The molecule has 0 spiro atoms. The Kier molecular flexibility index (Phi) is 14.5. The van der Waals surface area contributed by atoms with Crippen molar-refractivity contribution in [3.8, 4) is 11.5 Å². The fraction of sp³-hybridized carbons (Fsp3) is 0.387. The Morgan fingerprint density at radius 1 is 0.829 bits per heavy atom. The molecule has 1 aromatic rings. The summed E-state index contributed by atoms with van der Waals surface area (Å²) in [5.74, 6) is 0.905. The minimum Gasteiger partial charge on any atom is -0.486 e. The standard InChI is InChI=1S/C31H41NO3/c1-2-3-4-5-6-7-8-9-10-11-12-13-14-15-16-17-18-19-22-27(31(32)33)25-28-26-34-29-23-20-21-24-30(29)35-28/h3-4,6-7,9-10,12-13,15-16,18-21,23-24,27-28H,2,5,8,11,14,17,22,25-26H2,1H3,(H2,32,33)/t27?,28-/m0/s1. The van der Waals surface area contributed by atoms with Crippen LogP contribution < -0.4 is 15.2 Å². The van der Waals surface area contributed by atoms with Crippen LogP contribution >= 0.6 is 0 Å². The van der Waals surface area contributed by atoms with Crippen LogP contribution in [0.4, 0.5) is 0 Å². The lowest BCUT2D eigenvalue weighted by Crippen LogP contribution is -2.35. The van der Waals surface area contributed by atoms with Gasteiger partial charge in [0.15, 0.2) is 11.5 Å². The van der Waals surface area contributed by atoms with E-state index in [0.717, 1.165) is 50.0 Å². The number of fused-ring (bicyclic) bond motifs is 1. The largest absolute Gasteiger partial charge is 0.486 e. The van der Waals surface area contributed by atoms with Gasteiger partial charge in [-0.3, -0.25) is 4.79 Å². The van der Waals surface area contributed by atoms with E-state index >= 15 is 0 Å². The molecule has 0 aliphatic carbocycles. The van der Waals surface area contributed by atoms with Gasteiger partial charge in [0.1, 0.15) is 12.7 Å². The molecule has 1 aliphatic rings. The van der Waals surface area contributed by atoms with Gasteiger partial charge in [-0.25, -0.2) is 0 Å². The molecule has 2 atom stereocenters. The molecule has 1 aromatic carbocycles. The summed E-state index contributed by atoms with van der Waals surface area (Å²) < 4.78 is 11.7. The van der Waals surface area contributed by atoms with Crippen LogP contribution in [-0.2, 0) is 4.79 Å². The van der Waals surface area contributed by atoms with Crippen LogP contribution in [0.1, 0.15) is 58.3 Å². The second-order valence-corrected chi connectivity index (χ2v) is 8.48. The van der Waals surface area contributed by atoms with Gasteiger partial charge in [-0.2, -0.15) is 0 Å².